The van der Waals surface area contributed by atoms with Gasteiger partial charge in [-0.1, -0.05) is 51.8 Å². The average Bonchev–Trinajstić information content (AvgIpc) is 2.41. The van der Waals surface area contributed by atoms with Gasteiger partial charge in [0.05, 0.1) is 5.69 Å². The van der Waals surface area contributed by atoms with Crippen LogP contribution in [0.25, 0.3) is 0 Å². The first-order valence-electron chi connectivity index (χ1n) is 5.90. The molecule has 0 N–H and O–H groups in total. The minimum Gasteiger partial charge on any atom is -0.369 e. The maximum atomic E-state index is 6.20. The number of benzene rings is 2. The van der Waals surface area contributed by atoms with E-state index < -0.39 is 0 Å². The first-order valence-corrected chi connectivity index (χ1v) is 8.20. The quantitative estimate of drug-likeness (QED) is 0.598. The molecule has 0 amide bonds. The van der Waals surface area contributed by atoms with Crippen LogP contribution in [0, 0.1) is 0 Å². The maximum absolute atomic E-state index is 6.20. The SMILES string of the molecule is CN(Cc1ccccc1Cl)c1ccc(CBr)cc1Br. The van der Waals surface area contributed by atoms with E-state index in [1.165, 1.54) is 5.56 Å². The summed E-state index contributed by atoms with van der Waals surface area (Å²) >= 11 is 13.3. The van der Waals surface area contributed by atoms with Crippen molar-refractivity contribution in [3.05, 3.63) is 63.1 Å². The van der Waals surface area contributed by atoms with Gasteiger partial charge in [0.1, 0.15) is 0 Å². The van der Waals surface area contributed by atoms with E-state index in [0.717, 1.165) is 32.6 Å². The van der Waals surface area contributed by atoms with Gasteiger partial charge in [-0.05, 0) is 45.3 Å². The molecule has 0 saturated heterocycles. The average molecular weight is 404 g/mol. The molecule has 0 unspecified atom stereocenters. The molecule has 0 aliphatic carbocycles. The summed E-state index contributed by atoms with van der Waals surface area (Å²) in [6, 6.07) is 14.3. The highest BCUT2D eigenvalue weighted by atomic mass is 79.9. The number of nitrogens with zero attached hydrogens (tertiary/aromatic N) is 1. The molecule has 0 spiro atoms. The van der Waals surface area contributed by atoms with Crippen molar-refractivity contribution >= 4 is 49.1 Å². The highest BCUT2D eigenvalue weighted by Gasteiger charge is 2.08. The molecule has 4 heteroatoms. The van der Waals surface area contributed by atoms with E-state index in [9.17, 15) is 0 Å². The topological polar surface area (TPSA) is 3.24 Å². The molecule has 1 nitrogen and oxygen atoms in total. The van der Waals surface area contributed by atoms with E-state index in [4.69, 9.17) is 11.6 Å². The van der Waals surface area contributed by atoms with Gasteiger partial charge < -0.3 is 4.90 Å². The molecule has 2 aromatic rings. The number of halogens is 3. The zero-order valence-corrected chi connectivity index (χ0v) is 14.5. The number of anilines is 1. The molecule has 0 bridgehead atoms. The lowest BCUT2D eigenvalue weighted by Gasteiger charge is -2.22. The Bertz CT molecular complexity index is 572. The lowest BCUT2D eigenvalue weighted by molar-refractivity contribution is 0.919. The van der Waals surface area contributed by atoms with Crippen LogP contribution in [0.15, 0.2) is 46.9 Å². The van der Waals surface area contributed by atoms with Crippen LogP contribution < -0.4 is 4.90 Å². The predicted octanol–water partition coefficient (Wildman–Crippen LogP) is 5.63. The molecule has 0 aliphatic rings. The Morgan fingerprint density at radius 1 is 1.16 bits per heavy atom. The molecule has 0 aromatic heterocycles. The summed E-state index contributed by atoms with van der Waals surface area (Å²) in [7, 11) is 2.07. The minimum absolute atomic E-state index is 0.784. The van der Waals surface area contributed by atoms with Crippen LogP contribution >= 0.6 is 43.5 Å². The van der Waals surface area contributed by atoms with Crippen molar-refractivity contribution in [2.24, 2.45) is 0 Å². The lowest BCUT2D eigenvalue weighted by atomic mass is 10.2. The number of alkyl halides is 1. The first-order chi connectivity index (χ1) is 9.11. The zero-order chi connectivity index (χ0) is 13.8. The summed E-state index contributed by atoms with van der Waals surface area (Å²) in [6.07, 6.45) is 0. The Morgan fingerprint density at radius 3 is 2.53 bits per heavy atom. The maximum Gasteiger partial charge on any atom is 0.0511 e. The van der Waals surface area contributed by atoms with E-state index in [0.29, 0.717) is 0 Å². The summed E-state index contributed by atoms with van der Waals surface area (Å²) in [5.41, 5.74) is 3.54. The Labute approximate surface area is 135 Å². The normalized spacial score (nSPS) is 10.5. The highest BCUT2D eigenvalue weighted by Crippen LogP contribution is 2.29. The van der Waals surface area contributed by atoms with Gasteiger partial charge in [-0.15, -0.1) is 0 Å². The third kappa shape index (κ3) is 3.74. The van der Waals surface area contributed by atoms with Crippen molar-refractivity contribution in [2.45, 2.75) is 11.9 Å². The van der Waals surface area contributed by atoms with Crippen molar-refractivity contribution in [1.29, 1.82) is 0 Å². The summed E-state index contributed by atoms with van der Waals surface area (Å²) in [5, 5.41) is 1.67. The summed E-state index contributed by atoms with van der Waals surface area (Å²) in [5.74, 6) is 0. The number of hydrogen-bond donors (Lipinski definition) is 0. The molecule has 2 rings (SSSR count). The van der Waals surface area contributed by atoms with Crippen LogP contribution in [-0.2, 0) is 11.9 Å². The van der Waals surface area contributed by atoms with Crippen LogP contribution in [0.1, 0.15) is 11.1 Å². The standard InChI is InChI=1S/C15H14Br2ClN/c1-19(10-12-4-2-3-5-14(12)18)15-7-6-11(9-16)8-13(15)17/h2-8H,9-10H2,1H3. The van der Waals surface area contributed by atoms with Gasteiger partial charge in [0, 0.05) is 28.4 Å². The Hall–Kier alpha value is -0.510. The van der Waals surface area contributed by atoms with E-state index in [2.05, 4.69) is 68.1 Å². The molecule has 19 heavy (non-hydrogen) atoms. The molecule has 0 radical (unpaired) electrons. The van der Waals surface area contributed by atoms with Gasteiger partial charge in [0.15, 0.2) is 0 Å². The molecule has 0 saturated carbocycles. The number of hydrogen-bond acceptors (Lipinski definition) is 1. The van der Waals surface area contributed by atoms with Gasteiger partial charge in [-0.3, -0.25) is 0 Å². The second-order valence-electron chi connectivity index (χ2n) is 4.37. The monoisotopic (exact) mass is 401 g/mol. The van der Waals surface area contributed by atoms with Gasteiger partial charge >= 0.3 is 0 Å². The van der Waals surface area contributed by atoms with Crippen molar-refractivity contribution < 1.29 is 0 Å². The van der Waals surface area contributed by atoms with Crippen LogP contribution in [-0.4, -0.2) is 7.05 Å². The second-order valence-corrected chi connectivity index (χ2v) is 6.19. The van der Waals surface area contributed by atoms with Gasteiger partial charge in [0.25, 0.3) is 0 Å². The molecule has 100 valence electrons. The third-order valence-corrected chi connectivity index (χ3v) is 4.59. The van der Waals surface area contributed by atoms with Gasteiger partial charge in [0.2, 0.25) is 0 Å². The van der Waals surface area contributed by atoms with E-state index in [1.54, 1.807) is 0 Å². The molecule has 2 aromatic carbocycles. The van der Waals surface area contributed by atoms with Crippen molar-refractivity contribution in [3.8, 4) is 0 Å². The summed E-state index contributed by atoms with van der Waals surface area (Å²) in [4.78, 5) is 2.18. The fourth-order valence-corrected chi connectivity index (χ4v) is 3.18. The predicted molar refractivity (Wildman–Crippen MR) is 90.3 cm³/mol. The second kappa shape index (κ2) is 6.78. The Balaban J connectivity index is 2.21. The Kier molecular flexibility index (Phi) is 5.31. The highest BCUT2D eigenvalue weighted by molar-refractivity contribution is 9.10. The van der Waals surface area contributed by atoms with Gasteiger partial charge in [-0.25, -0.2) is 0 Å². The van der Waals surface area contributed by atoms with Crippen molar-refractivity contribution in [2.75, 3.05) is 11.9 Å². The van der Waals surface area contributed by atoms with Crippen LogP contribution in [0.5, 0.6) is 0 Å². The summed E-state index contributed by atoms with van der Waals surface area (Å²) < 4.78 is 1.10. The van der Waals surface area contributed by atoms with E-state index in [1.807, 2.05) is 18.2 Å². The van der Waals surface area contributed by atoms with Crippen LogP contribution in [0.2, 0.25) is 5.02 Å². The molecular weight excluding hydrogens is 389 g/mol. The largest absolute Gasteiger partial charge is 0.369 e. The molecule has 0 atom stereocenters. The summed E-state index contributed by atoms with van der Waals surface area (Å²) in [6.45, 7) is 0.784. The molecule has 0 fully saturated rings. The minimum atomic E-state index is 0.784. The smallest absolute Gasteiger partial charge is 0.0511 e. The van der Waals surface area contributed by atoms with E-state index >= 15 is 0 Å². The van der Waals surface area contributed by atoms with Crippen LogP contribution in [0.4, 0.5) is 5.69 Å². The fourth-order valence-electron chi connectivity index (χ4n) is 1.91. The van der Waals surface area contributed by atoms with E-state index in [-0.39, 0.29) is 0 Å². The fraction of sp³-hybridized carbons (Fsp3) is 0.200. The van der Waals surface area contributed by atoms with Crippen molar-refractivity contribution in [1.82, 2.24) is 0 Å². The zero-order valence-electron chi connectivity index (χ0n) is 10.5. The third-order valence-electron chi connectivity index (χ3n) is 2.94. The van der Waals surface area contributed by atoms with Crippen LogP contribution in [0.3, 0.4) is 0 Å². The molecule has 0 aliphatic heterocycles. The number of rotatable bonds is 4. The molecular formula is C15H14Br2ClN. The van der Waals surface area contributed by atoms with Gasteiger partial charge in [-0.2, -0.15) is 0 Å². The van der Waals surface area contributed by atoms with Crippen molar-refractivity contribution in [3.63, 3.8) is 0 Å². The Morgan fingerprint density at radius 2 is 1.89 bits per heavy atom. The lowest BCUT2D eigenvalue weighted by Crippen LogP contribution is -2.17. The first kappa shape index (κ1) is 14.9. The molecule has 0 heterocycles.